The van der Waals surface area contributed by atoms with E-state index in [4.69, 9.17) is 4.74 Å². The van der Waals surface area contributed by atoms with Crippen LogP contribution < -0.4 is 16.0 Å². The van der Waals surface area contributed by atoms with Gasteiger partial charge in [-0.2, -0.15) is 5.10 Å². The Hall–Kier alpha value is -3.88. The van der Waals surface area contributed by atoms with Gasteiger partial charge < -0.3 is 15.4 Å². The molecule has 2 unspecified atom stereocenters. The van der Waals surface area contributed by atoms with Crippen LogP contribution in [-0.2, 0) is 15.1 Å². The zero-order valence-electron chi connectivity index (χ0n) is 18.3. The number of fused-ring (bicyclic) bond motifs is 1. The van der Waals surface area contributed by atoms with Crippen molar-refractivity contribution < 1.29 is 14.3 Å². The number of nitrogens with one attached hydrogen (secondary N) is 4. The monoisotopic (exact) mass is 446 g/mol. The molecule has 2 saturated carbocycles. The van der Waals surface area contributed by atoms with E-state index in [1.54, 1.807) is 12.3 Å². The third-order valence-electron chi connectivity index (χ3n) is 6.34. The molecule has 2 fully saturated rings. The molecule has 0 bridgehead atoms. The maximum atomic E-state index is 12.8. The molecular weight excluding hydrogens is 420 g/mol. The Kier molecular flexibility index (Phi) is 5.24. The van der Waals surface area contributed by atoms with Crippen LogP contribution in [0.5, 0.6) is 0 Å². The van der Waals surface area contributed by atoms with Gasteiger partial charge in [-0.25, -0.2) is 9.78 Å². The molecule has 3 aromatic rings. The van der Waals surface area contributed by atoms with E-state index in [0.717, 1.165) is 23.1 Å². The summed E-state index contributed by atoms with van der Waals surface area (Å²) in [7, 11) is 0. The van der Waals surface area contributed by atoms with Crippen LogP contribution in [0, 0.1) is 5.92 Å². The van der Waals surface area contributed by atoms with E-state index in [9.17, 15) is 9.59 Å². The normalized spacial score (nSPS) is 25.2. The molecule has 0 radical (unpaired) electrons. The van der Waals surface area contributed by atoms with Crippen molar-refractivity contribution in [1.29, 1.82) is 0 Å². The van der Waals surface area contributed by atoms with E-state index in [2.05, 4.69) is 37.7 Å². The van der Waals surface area contributed by atoms with Crippen molar-refractivity contribution in [2.45, 2.75) is 37.3 Å². The lowest BCUT2D eigenvalue weighted by Gasteiger charge is -2.19. The maximum absolute atomic E-state index is 12.8. The average molecular weight is 447 g/mol. The minimum Gasteiger partial charge on any atom is -0.496 e. The highest BCUT2D eigenvalue weighted by atomic mass is 16.5. The molecule has 0 aliphatic heterocycles. The van der Waals surface area contributed by atoms with E-state index in [1.807, 2.05) is 37.3 Å². The summed E-state index contributed by atoms with van der Waals surface area (Å²) < 4.78 is 5.57. The molecule has 33 heavy (non-hydrogen) atoms. The molecule has 0 saturated heterocycles. The van der Waals surface area contributed by atoms with Gasteiger partial charge in [-0.15, -0.1) is 0 Å². The van der Waals surface area contributed by atoms with Gasteiger partial charge in [0, 0.05) is 48.1 Å². The molecule has 2 aliphatic carbocycles. The van der Waals surface area contributed by atoms with Crippen LogP contribution in [0.2, 0.25) is 0 Å². The Labute approximate surface area is 191 Å². The molecule has 2 aliphatic rings. The lowest BCUT2D eigenvalue weighted by Crippen LogP contribution is -2.40. The van der Waals surface area contributed by atoms with Crippen LogP contribution in [0.4, 0.5) is 10.6 Å². The Morgan fingerprint density at radius 2 is 2.15 bits per heavy atom. The van der Waals surface area contributed by atoms with Crippen molar-refractivity contribution in [3.8, 4) is 0 Å². The molecule has 0 spiro atoms. The summed E-state index contributed by atoms with van der Waals surface area (Å²) in [6.07, 6.45) is 4.35. The number of benzene rings is 1. The van der Waals surface area contributed by atoms with E-state index in [0.29, 0.717) is 24.3 Å². The Morgan fingerprint density at radius 3 is 2.91 bits per heavy atom. The van der Waals surface area contributed by atoms with E-state index in [1.165, 1.54) is 6.26 Å². The number of H-pyrrole nitrogens is 1. The zero-order chi connectivity index (χ0) is 23.0. The van der Waals surface area contributed by atoms with Gasteiger partial charge in [0.05, 0.1) is 11.8 Å². The number of hydrogen-bond acceptors (Lipinski definition) is 5. The van der Waals surface area contributed by atoms with Gasteiger partial charge in [-0.05, 0) is 18.9 Å². The summed E-state index contributed by atoms with van der Waals surface area (Å²) in [5.41, 5.74) is 1.96. The first kappa shape index (κ1) is 21.0. The predicted octanol–water partition coefficient (Wildman–Crippen LogP) is 3.15. The molecule has 1 aromatic carbocycles. The standard InChI is InChI=1S/C24H26N6O3/c1-3-25-22(31)16-10-15(16)21-17-13-26-20(11-18(17)29-30-21)27-23(32)28-24(12-19(24)33-4-2)14-8-6-5-7-9-14/h4-9,11,13,15-16,19H,2-3,10,12H2,1H3,(H,25,31)(H,29,30)(H2,26,27,28,32)/t15?,16-,19-,24?/m0/s1. The van der Waals surface area contributed by atoms with Crippen molar-refractivity contribution >= 4 is 28.7 Å². The fraction of sp³-hybridized carbons (Fsp3) is 0.333. The molecule has 9 nitrogen and oxygen atoms in total. The lowest BCUT2D eigenvalue weighted by atomic mass is 10.0. The first-order chi connectivity index (χ1) is 16.1. The number of aromatic nitrogens is 3. The minimum absolute atomic E-state index is 0.0318. The smallest absolute Gasteiger partial charge is 0.321 e. The highest BCUT2D eigenvalue weighted by Crippen LogP contribution is 2.49. The molecule has 2 heterocycles. The van der Waals surface area contributed by atoms with Gasteiger partial charge >= 0.3 is 6.03 Å². The van der Waals surface area contributed by atoms with Gasteiger partial charge in [0.1, 0.15) is 17.5 Å². The first-order valence-electron chi connectivity index (χ1n) is 11.1. The second kappa shape index (κ2) is 8.23. The highest BCUT2D eigenvalue weighted by Gasteiger charge is 2.58. The Bertz CT molecular complexity index is 1210. The van der Waals surface area contributed by atoms with Gasteiger partial charge in [0.25, 0.3) is 0 Å². The van der Waals surface area contributed by atoms with Crippen LogP contribution in [0.1, 0.15) is 36.9 Å². The van der Waals surface area contributed by atoms with Crippen LogP contribution in [-0.4, -0.2) is 39.8 Å². The number of nitrogens with zero attached hydrogens (tertiary/aromatic N) is 2. The summed E-state index contributed by atoms with van der Waals surface area (Å²) in [4.78, 5) is 29.3. The molecule has 9 heteroatoms. The largest absolute Gasteiger partial charge is 0.496 e. The number of hydrogen-bond donors (Lipinski definition) is 4. The van der Waals surface area contributed by atoms with Crippen molar-refractivity contribution in [2.75, 3.05) is 11.9 Å². The van der Waals surface area contributed by atoms with E-state index >= 15 is 0 Å². The third-order valence-corrected chi connectivity index (χ3v) is 6.34. The number of aromatic amines is 1. The summed E-state index contributed by atoms with van der Waals surface area (Å²) in [6.45, 7) is 6.16. The van der Waals surface area contributed by atoms with E-state index < -0.39 is 5.54 Å². The van der Waals surface area contributed by atoms with Crippen molar-refractivity contribution in [3.05, 3.63) is 66.7 Å². The first-order valence-corrected chi connectivity index (χ1v) is 11.1. The van der Waals surface area contributed by atoms with Crippen LogP contribution in [0.25, 0.3) is 10.9 Å². The fourth-order valence-corrected chi connectivity index (χ4v) is 4.49. The topological polar surface area (TPSA) is 121 Å². The SMILES string of the molecule is C=CO[C@H]1CC1(NC(=O)Nc1cc2n[nH]c(C3C[C@@H]3C(=O)NCC)c2cn1)c1ccccc1. The molecule has 170 valence electrons. The predicted molar refractivity (Wildman–Crippen MR) is 123 cm³/mol. The average Bonchev–Trinajstić information content (AvgIpc) is 3.70. The highest BCUT2D eigenvalue weighted by molar-refractivity contribution is 5.92. The quantitative estimate of drug-likeness (QED) is 0.396. The van der Waals surface area contributed by atoms with Crippen molar-refractivity contribution in [2.24, 2.45) is 5.92 Å². The number of anilines is 1. The third kappa shape index (κ3) is 3.90. The number of urea groups is 1. The van der Waals surface area contributed by atoms with Crippen LogP contribution in [0.15, 0.2) is 55.4 Å². The molecule has 4 N–H and O–H groups in total. The number of rotatable bonds is 8. The summed E-state index contributed by atoms with van der Waals surface area (Å²) in [5.74, 6) is 0.543. The minimum atomic E-state index is -0.608. The number of carbonyl (C=O) groups is 2. The molecule has 4 atom stereocenters. The Balaban J connectivity index is 1.28. The van der Waals surface area contributed by atoms with Gasteiger partial charge in [-0.1, -0.05) is 36.9 Å². The molecule has 3 amide bonds. The lowest BCUT2D eigenvalue weighted by molar-refractivity contribution is -0.122. The molecule has 5 rings (SSSR count). The second-order valence-corrected chi connectivity index (χ2v) is 8.48. The van der Waals surface area contributed by atoms with Crippen molar-refractivity contribution in [3.63, 3.8) is 0 Å². The molecule has 2 aromatic heterocycles. The summed E-state index contributed by atoms with van der Waals surface area (Å²) in [5, 5.41) is 17.0. The van der Waals surface area contributed by atoms with Gasteiger partial charge in [0.15, 0.2) is 0 Å². The number of ether oxygens (including phenoxy) is 1. The second-order valence-electron chi connectivity index (χ2n) is 8.48. The summed E-state index contributed by atoms with van der Waals surface area (Å²) >= 11 is 0. The van der Waals surface area contributed by atoms with E-state index in [-0.39, 0.29) is 29.9 Å². The zero-order valence-corrected chi connectivity index (χ0v) is 18.3. The van der Waals surface area contributed by atoms with Crippen LogP contribution in [0.3, 0.4) is 0 Å². The number of carbonyl (C=O) groups excluding carboxylic acids is 2. The maximum Gasteiger partial charge on any atom is 0.321 e. The van der Waals surface area contributed by atoms with Gasteiger partial charge in [0.2, 0.25) is 5.91 Å². The van der Waals surface area contributed by atoms with Gasteiger partial charge in [-0.3, -0.25) is 15.2 Å². The summed E-state index contributed by atoms with van der Waals surface area (Å²) in [6, 6.07) is 11.1. The fourth-order valence-electron chi connectivity index (χ4n) is 4.49. The Morgan fingerprint density at radius 1 is 1.33 bits per heavy atom. The number of amides is 3. The van der Waals surface area contributed by atoms with Crippen molar-refractivity contribution in [1.82, 2.24) is 25.8 Å². The number of pyridine rings is 1. The molecular formula is C24H26N6O3. The van der Waals surface area contributed by atoms with Crippen LogP contribution >= 0.6 is 0 Å².